The molecule has 0 N–H and O–H groups in total. The van der Waals surface area contributed by atoms with E-state index in [-0.39, 0.29) is 0 Å². The maximum Gasteiger partial charge on any atom is 0.413 e. The molecule has 148 valence electrons. The predicted molar refractivity (Wildman–Crippen MR) is 103 cm³/mol. The highest BCUT2D eigenvalue weighted by molar-refractivity contribution is 5.79. The standard InChI is InChI=1S/C21H29NO5/c1-13(2)14-9-11-15(12-10-14)16-17(18(23)25-8)26-21(6,7)22(16)19(24)27-20(3,4)5/h9-12,16-17H,1H2,2-8H3/t16-,17+/m0/s1. The monoisotopic (exact) mass is 375 g/mol. The molecule has 27 heavy (non-hydrogen) atoms. The lowest BCUT2D eigenvalue weighted by atomic mass is 9.97. The molecule has 0 bridgehead atoms. The summed E-state index contributed by atoms with van der Waals surface area (Å²) < 4.78 is 16.4. The lowest BCUT2D eigenvalue weighted by Crippen LogP contribution is -2.47. The number of allylic oxidation sites excluding steroid dienone is 1. The average Bonchev–Trinajstić information content (AvgIpc) is 2.84. The molecule has 1 amide bonds. The van der Waals surface area contributed by atoms with Crippen LogP contribution in [-0.4, -0.2) is 41.5 Å². The third kappa shape index (κ3) is 4.50. The third-order valence-corrected chi connectivity index (χ3v) is 4.33. The van der Waals surface area contributed by atoms with Crippen LogP contribution in [0.25, 0.3) is 5.57 Å². The van der Waals surface area contributed by atoms with Crippen LogP contribution in [-0.2, 0) is 19.0 Å². The highest BCUT2D eigenvalue weighted by atomic mass is 16.6. The Bertz CT molecular complexity index is 730. The number of esters is 1. The minimum atomic E-state index is -1.04. The van der Waals surface area contributed by atoms with Crippen molar-refractivity contribution >= 4 is 17.6 Å². The SMILES string of the molecule is C=C(C)c1ccc([C@H]2[C@H](C(=O)OC)OC(C)(C)N2C(=O)OC(C)(C)C)cc1. The van der Waals surface area contributed by atoms with Crippen LogP contribution in [0.5, 0.6) is 0 Å². The Morgan fingerprint density at radius 2 is 1.74 bits per heavy atom. The van der Waals surface area contributed by atoms with Crippen molar-refractivity contribution in [3.05, 3.63) is 42.0 Å². The van der Waals surface area contributed by atoms with Gasteiger partial charge in [0.05, 0.1) is 7.11 Å². The number of amides is 1. The van der Waals surface area contributed by atoms with Crippen LogP contribution < -0.4 is 0 Å². The fourth-order valence-corrected chi connectivity index (χ4v) is 3.13. The van der Waals surface area contributed by atoms with Crippen LogP contribution in [0.1, 0.15) is 58.7 Å². The molecule has 0 radical (unpaired) electrons. The Balaban J connectivity index is 2.51. The summed E-state index contributed by atoms with van der Waals surface area (Å²) in [6.45, 7) is 14.7. The van der Waals surface area contributed by atoms with Gasteiger partial charge in [0, 0.05) is 0 Å². The van der Waals surface area contributed by atoms with Crippen LogP contribution in [0.4, 0.5) is 4.79 Å². The quantitative estimate of drug-likeness (QED) is 0.737. The summed E-state index contributed by atoms with van der Waals surface area (Å²) in [6, 6.07) is 6.88. The summed E-state index contributed by atoms with van der Waals surface area (Å²) in [6.07, 6.45) is -1.50. The van der Waals surface area contributed by atoms with Gasteiger partial charge in [0.2, 0.25) is 0 Å². The summed E-state index contributed by atoms with van der Waals surface area (Å²) in [5, 5.41) is 0. The zero-order chi connectivity index (χ0) is 20.6. The van der Waals surface area contributed by atoms with Crippen molar-refractivity contribution in [3.8, 4) is 0 Å². The van der Waals surface area contributed by atoms with Crippen LogP contribution in [0, 0.1) is 0 Å². The Morgan fingerprint density at radius 3 is 2.19 bits per heavy atom. The molecule has 1 aromatic rings. The molecule has 1 aliphatic heterocycles. The summed E-state index contributed by atoms with van der Waals surface area (Å²) in [5.74, 6) is -0.539. The molecule has 1 saturated heterocycles. The molecular weight excluding hydrogens is 346 g/mol. The average molecular weight is 375 g/mol. The first-order valence-electron chi connectivity index (χ1n) is 8.91. The van der Waals surface area contributed by atoms with Crippen LogP contribution in [0.15, 0.2) is 30.8 Å². The smallest absolute Gasteiger partial charge is 0.413 e. The van der Waals surface area contributed by atoms with Crippen LogP contribution >= 0.6 is 0 Å². The van der Waals surface area contributed by atoms with Gasteiger partial charge in [0.15, 0.2) is 6.10 Å². The van der Waals surface area contributed by atoms with Gasteiger partial charge in [0.1, 0.15) is 17.4 Å². The van der Waals surface area contributed by atoms with Crippen molar-refractivity contribution in [3.63, 3.8) is 0 Å². The number of hydrogen-bond donors (Lipinski definition) is 0. The van der Waals surface area contributed by atoms with E-state index < -0.39 is 35.5 Å². The fraction of sp³-hybridized carbons (Fsp3) is 0.524. The van der Waals surface area contributed by atoms with Crippen molar-refractivity contribution < 1.29 is 23.8 Å². The Labute approximate surface area is 161 Å². The minimum absolute atomic E-state index is 0.539. The largest absolute Gasteiger partial charge is 0.467 e. The second-order valence-corrected chi connectivity index (χ2v) is 8.21. The van der Waals surface area contributed by atoms with Crippen molar-refractivity contribution in [2.45, 2.75) is 65.0 Å². The molecule has 1 aromatic carbocycles. The first kappa shape index (κ1) is 21.0. The van der Waals surface area contributed by atoms with Gasteiger partial charge in [-0.05, 0) is 52.7 Å². The minimum Gasteiger partial charge on any atom is -0.467 e. The van der Waals surface area contributed by atoms with Crippen molar-refractivity contribution in [1.29, 1.82) is 0 Å². The van der Waals surface area contributed by atoms with Crippen LogP contribution in [0.3, 0.4) is 0 Å². The van der Waals surface area contributed by atoms with E-state index in [0.29, 0.717) is 0 Å². The van der Waals surface area contributed by atoms with Gasteiger partial charge in [0.25, 0.3) is 0 Å². The van der Waals surface area contributed by atoms with E-state index in [2.05, 4.69) is 6.58 Å². The first-order valence-corrected chi connectivity index (χ1v) is 8.91. The predicted octanol–water partition coefficient (Wildman–Crippen LogP) is 4.31. The Hall–Kier alpha value is -2.34. The van der Waals surface area contributed by atoms with E-state index in [4.69, 9.17) is 14.2 Å². The third-order valence-electron chi connectivity index (χ3n) is 4.33. The topological polar surface area (TPSA) is 65.1 Å². The first-order chi connectivity index (χ1) is 12.4. The number of nitrogens with zero attached hydrogens (tertiary/aromatic N) is 1. The number of benzene rings is 1. The molecule has 6 heteroatoms. The van der Waals surface area contributed by atoms with Crippen molar-refractivity contribution in [2.75, 3.05) is 7.11 Å². The maximum absolute atomic E-state index is 12.9. The highest BCUT2D eigenvalue weighted by Gasteiger charge is 2.55. The fourth-order valence-electron chi connectivity index (χ4n) is 3.13. The summed E-state index contributed by atoms with van der Waals surface area (Å²) in [4.78, 5) is 26.8. The van der Waals surface area contributed by atoms with E-state index in [9.17, 15) is 9.59 Å². The zero-order valence-corrected chi connectivity index (χ0v) is 17.2. The molecule has 6 nitrogen and oxygen atoms in total. The van der Waals surface area contributed by atoms with E-state index in [1.54, 1.807) is 34.6 Å². The second-order valence-electron chi connectivity index (χ2n) is 8.21. The van der Waals surface area contributed by atoms with E-state index in [1.165, 1.54) is 12.0 Å². The van der Waals surface area contributed by atoms with Crippen molar-refractivity contribution in [1.82, 2.24) is 4.90 Å². The van der Waals surface area contributed by atoms with E-state index >= 15 is 0 Å². The number of carbonyl (C=O) groups excluding carboxylic acids is 2. The molecule has 0 unspecified atom stereocenters. The molecule has 2 rings (SSSR count). The number of rotatable bonds is 3. The van der Waals surface area contributed by atoms with Gasteiger partial charge in [-0.1, -0.05) is 36.4 Å². The van der Waals surface area contributed by atoms with Gasteiger partial charge in [-0.3, -0.25) is 4.90 Å². The number of hydrogen-bond acceptors (Lipinski definition) is 5. The number of carbonyl (C=O) groups is 2. The normalized spacial score (nSPS) is 21.7. The molecule has 0 aromatic heterocycles. The van der Waals surface area contributed by atoms with E-state index in [1.807, 2.05) is 31.2 Å². The molecule has 1 heterocycles. The van der Waals surface area contributed by atoms with Crippen LogP contribution in [0.2, 0.25) is 0 Å². The second kappa shape index (κ2) is 7.35. The summed E-state index contributed by atoms with van der Waals surface area (Å²) in [5.41, 5.74) is 0.948. The molecule has 1 fully saturated rings. The van der Waals surface area contributed by atoms with Gasteiger partial charge in [-0.2, -0.15) is 0 Å². The molecule has 0 aliphatic carbocycles. The van der Waals surface area contributed by atoms with Crippen molar-refractivity contribution in [2.24, 2.45) is 0 Å². The van der Waals surface area contributed by atoms with Gasteiger partial charge in [-0.25, -0.2) is 9.59 Å². The summed E-state index contributed by atoms with van der Waals surface area (Å²) in [7, 11) is 1.30. The van der Waals surface area contributed by atoms with Gasteiger partial charge in [-0.15, -0.1) is 0 Å². The molecular formula is C21H29NO5. The highest BCUT2D eigenvalue weighted by Crippen LogP contribution is 2.43. The van der Waals surface area contributed by atoms with Gasteiger partial charge >= 0.3 is 12.1 Å². The zero-order valence-electron chi connectivity index (χ0n) is 17.2. The number of methoxy groups -OCH3 is 1. The molecule has 1 aliphatic rings. The van der Waals surface area contributed by atoms with E-state index in [0.717, 1.165) is 16.7 Å². The molecule has 0 saturated carbocycles. The number of ether oxygens (including phenoxy) is 3. The molecule has 0 spiro atoms. The lowest BCUT2D eigenvalue weighted by molar-refractivity contribution is -0.158. The maximum atomic E-state index is 12.9. The Morgan fingerprint density at radius 1 is 1.19 bits per heavy atom. The summed E-state index contributed by atoms with van der Waals surface area (Å²) >= 11 is 0. The van der Waals surface area contributed by atoms with Gasteiger partial charge < -0.3 is 14.2 Å². The lowest BCUT2D eigenvalue weighted by Gasteiger charge is -2.35. The Kier molecular flexibility index (Phi) is 5.71. The molecule has 2 atom stereocenters.